The largest absolute Gasteiger partial charge is 0.493 e. The molecule has 0 saturated carbocycles. The lowest BCUT2D eigenvalue weighted by Gasteiger charge is -2.18. The summed E-state index contributed by atoms with van der Waals surface area (Å²) in [6, 6.07) is 11.8. The van der Waals surface area contributed by atoms with Crippen molar-refractivity contribution in [3.63, 3.8) is 0 Å². The van der Waals surface area contributed by atoms with E-state index < -0.39 is 18.0 Å². The van der Waals surface area contributed by atoms with Crippen LogP contribution in [0.5, 0.6) is 11.5 Å². The maximum atomic E-state index is 12.4. The van der Waals surface area contributed by atoms with Crippen molar-refractivity contribution in [2.45, 2.75) is 19.4 Å². The van der Waals surface area contributed by atoms with Gasteiger partial charge in [0, 0.05) is 11.6 Å². The van der Waals surface area contributed by atoms with Gasteiger partial charge in [-0.3, -0.25) is 4.79 Å². The predicted octanol–water partition coefficient (Wildman–Crippen LogP) is 3.68. The van der Waals surface area contributed by atoms with Gasteiger partial charge in [-0.25, -0.2) is 10.2 Å². The number of nitrogens with zero attached hydrogens (tertiary/aromatic N) is 1. The van der Waals surface area contributed by atoms with E-state index in [-0.39, 0.29) is 13.0 Å². The maximum Gasteiger partial charge on any atom is 0.407 e. The van der Waals surface area contributed by atoms with Crippen molar-refractivity contribution in [1.82, 2.24) is 10.7 Å². The van der Waals surface area contributed by atoms with Gasteiger partial charge >= 0.3 is 6.09 Å². The lowest BCUT2D eigenvalue weighted by molar-refractivity contribution is -0.121. The van der Waals surface area contributed by atoms with Gasteiger partial charge in [-0.15, -0.1) is 0 Å². The molecule has 0 aromatic heterocycles. The van der Waals surface area contributed by atoms with E-state index in [4.69, 9.17) is 25.8 Å². The second kappa shape index (κ2) is 11.7. The number of ether oxygens (including phenoxy) is 3. The lowest BCUT2D eigenvalue weighted by atomic mass is 10.0. The zero-order valence-corrected chi connectivity index (χ0v) is 17.7. The number of hydrogen-bond donors (Lipinski definition) is 2. The van der Waals surface area contributed by atoms with Crippen LogP contribution in [0.15, 0.2) is 47.6 Å². The molecule has 0 aliphatic carbocycles. The molecule has 2 aromatic carbocycles. The van der Waals surface area contributed by atoms with Gasteiger partial charge in [0.25, 0.3) is 0 Å². The smallest absolute Gasteiger partial charge is 0.407 e. The van der Waals surface area contributed by atoms with E-state index in [0.29, 0.717) is 22.1 Å². The predicted molar refractivity (Wildman–Crippen MR) is 114 cm³/mol. The fraction of sp³-hybridized carbons (Fsp3) is 0.286. The van der Waals surface area contributed by atoms with Gasteiger partial charge in [0.1, 0.15) is 0 Å². The summed E-state index contributed by atoms with van der Waals surface area (Å²) in [4.78, 5) is 24.2. The Morgan fingerprint density at radius 3 is 2.43 bits per heavy atom. The van der Waals surface area contributed by atoms with Crippen LogP contribution in [0.3, 0.4) is 0 Å². The van der Waals surface area contributed by atoms with Crippen LogP contribution in [0, 0.1) is 0 Å². The first-order valence-corrected chi connectivity index (χ1v) is 9.57. The number of carbonyl (C=O) groups excluding carboxylic acids is 2. The molecule has 2 rings (SSSR count). The van der Waals surface area contributed by atoms with Crippen molar-refractivity contribution < 1.29 is 23.8 Å². The van der Waals surface area contributed by atoms with E-state index in [2.05, 4.69) is 15.8 Å². The van der Waals surface area contributed by atoms with E-state index in [0.717, 1.165) is 5.56 Å². The van der Waals surface area contributed by atoms with Crippen molar-refractivity contribution in [3.05, 3.63) is 58.6 Å². The zero-order valence-electron chi connectivity index (χ0n) is 17.0. The van der Waals surface area contributed by atoms with Gasteiger partial charge in [-0.05, 0) is 18.6 Å². The Morgan fingerprint density at radius 1 is 1.13 bits per heavy atom. The molecule has 30 heavy (non-hydrogen) atoms. The Kier molecular flexibility index (Phi) is 8.96. The average molecular weight is 434 g/mol. The minimum atomic E-state index is -0.597. The van der Waals surface area contributed by atoms with E-state index in [1.165, 1.54) is 20.4 Å². The summed E-state index contributed by atoms with van der Waals surface area (Å²) in [6.07, 6.45) is 0.776. The molecule has 0 fully saturated rings. The van der Waals surface area contributed by atoms with Gasteiger partial charge in [-0.1, -0.05) is 41.9 Å². The Morgan fingerprint density at radius 2 is 1.80 bits per heavy atom. The molecular formula is C21H24ClN3O5. The monoisotopic (exact) mass is 433 g/mol. The van der Waals surface area contributed by atoms with Crippen LogP contribution in [-0.2, 0) is 9.53 Å². The number of carbonyl (C=O) groups is 2. The summed E-state index contributed by atoms with van der Waals surface area (Å²) in [5.41, 5.74) is 3.75. The van der Waals surface area contributed by atoms with Crippen molar-refractivity contribution in [1.29, 1.82) is 0 Å². The third-order valence-corrected chi connectivity index (χ3v) is 4.38. The first kappa shape index (κ1) is 23.0. The summed E-state index contributed by atoms with van der Waals surface area (Å²) in [7, 11) is 3.02. The Hall–Kier alpha value is -3.26. The van der Waals surface area contributed by atoms with Gasteiger partial charge in [0.05, 0.1) is 44.5 Å². The van der Waals surface area contributed by atoms with Crippen LogP contribution in [0.2, 0.25) is 5.02 Å². The molecule has 0 radical (unpaired) electrons. The fourth-order valence-corrected chi connectivity index (χ4v) is 2.83. The Bertz CT molecular complexity index is 890. The summed E-state index contributed by atoms with van der Waals surface area (Å²) in [6.45, 7) is 1.94. The normalized spacial score (nSPS) is 11.6. The van der Waals surface area contributed by atoms with Gasteiger partial charge in [0.15, 0.2) is 11.5 Å². The molecule has 9 heteroatoms. The number of benzene rings is 2. The highest BCUT2D eigenvalue weighted by molar-refractivity contribution is 6.33. The van der Waals surface area contributed by atoms with Gasteiger partial charge in [0.2, 0.25) is 5.91 Å². The van der Waals surface area contributed by atoms with E-state index in [9.17, 15) is 9.59 Å². The minimum absolute atomic E-state index is 0.0279. The highest BCUT2D eigenvalue weighted by Crippen LogP contribution is 2.32. The van der Waals surface area contributed by atoms with E-state index in [1.54, 1.807) is 19.1 Å². The second-order valence-electron chi connectivity index (χ2n) is 6.05. The van der Waals surface area contributed by atoms with Crippen molar-refractivity contribution in [2.24, 2.45) is 5.10 Å². The number of hydrogen-bond acceptors (Lipinski definition) is 6. The van der Waals surface area contributed by atoms with Crippen LogP contribution < -0.4 is 20.2 Å². The SMILES string of the molecule is CCOC(=O)N[C@@H](CC(=O)N/N=C\c1cc(OC)c(OC)cc1Cl)c1ccccc1. The van der Waals surface area contributed by atoms with Crippen LogP contribution in [-0.4, -0.2) is 39.0 Å². The molecule has 0 saturated heterocycles. The van der Waals surface area contributed by atoms with Crippen LogP contribution in [0.4, 0.5) is 4.79 Å². The van der Waals surface area contributed by atoms with Gasteiger partial charge < -0.3 is 19.5 Å². The highest BCUT2D eigenvalue weighted by atomic mass is 35.5. The number of nitrogens with one attached hydrogen (secondary N) is 2. The van der Waals surface area contributed by atoms with Crippen LogP contribution in [0.25, 0.3) is 0 Å². The third-order valence-electron chi connectivity index (χ3n) is 4.05. The third kappa shape index (κ3) is 6.66. The van der Waals surface area contributed by atoms with Gasteiger partial charge in [-0.2, -0.15) is 5.10 Å². The van der Waals surface area contributed by atoms with Crippen molar-refractivity contribution >= 4 is 29.8 Å². The van der Waals surface area contributed by atoms with Crippen LogP contribution >= 0.6 is 11.6 Å². The topological polar surface area (TPSA) is 98.2 Å². The molecule has 0 bridgehead atoms. The molecule has 8 nitrogen and oxygen atoms in total. The zero-order chi connectivity index (χ0) is 21.9. The Labute approximate surface area is 180 Å². The number of amides is 2. The molecule has 0 heterocycles. The number of halogens is 1. The maximum absolute atomic E-state index is 12.4. The lowest BCUT2D eigenvalue weighted by Crippen LogP contribution is -2.33. The molecule has 0 unspecified atom stereocenters. The standard InChI is InChI=1S/C21H24ClN3O5/c1-4-30-21(27)24-17(14-8-6-5-7-9-14)12-20(26)25-23-13-15-10-18(28-2)19(29-3)11-16(15)22/h5-11,13,17H,4,12H2,1-3H3,(H,24,27)(H,25,26)/b23-13-/t17-/m0/s1. The summed E-state index contributed by atoms with van der Waals surface area (Å²) < 4.78 is 15.3. The summed E-state index contributed by atoms with van der Waals surface area (Å²) >= 11 is 6.20. The minimum Gasteiger partial charge on any atom is -0.493 e. The van der Waals surface area contributed by atoms with Crippen molar-refractivity contribution in [3.8, 4) is 11.5 Å². The Balaban J connectivity index is 2.06. The first-order valence-electron chi connectivity index (χ1n) is 9.20. The molecule has 1 atom stereocenters. The first-order chi connectivity index (χ1) is 14.5. The number of methoxy groups -OCH3 is 2. The van der Waals surface area contributed by atoms with Crippen molar-refractivity contribution in [2.75, 3.05) is 20.8 Å². The molecule has 160 valence electrons. The fourth-order valence-electron chi connectivity index (χ4n) is 2.63. The summed E-state index contributed by atoms with van der Waals surface area (Å²) in [5.74, 6) is 0.574. The molecule has 0 aliphatic heterocycles. The summed E-state index contributed by atoms with van der Waals surface area (Å²) in [5, 5.41) is 7.02. The second-order valence-corrected chi connectivity index (χ2v) is 6.46. The molecule has 2 aromatic rings. The van der Waals surface area contributed by atoms with E-state index >= 15 is 0 Å². The molecular weight excluding hydrogens is 410 g/mol. The highest BCUT2D eigenvalue weighted by Gasteiger charge is 2.19. The molecule has 0 spiro atoms. The molecule has 0 aliphatic rings. The average Bonchev–Trinajstić information content (AvgIpc) is 2.74. The number of alkyl carbamates (subject to hydrolysis) is 1. The number of hydrazone groups is 1. The molecule has 2 amide bonds. The quantitative estimate of drug-likeness (QED) is 0.464. The number of rotatable bonds is 9. The molecule has 2 N–H and O–H groups in total. The van der Waals surface area contributed by atoms with Crippen LogP contribution in [0.1, 0.15) is 30.5 Å². The van der Waals surface area contributed by atoms with E-state index in [1.807, 2.05) is 30.3 Å².